The molecule has 0 N–H and O–H groups in total. The molecule has 0 unspecified atom stereocenters. The van der Waals surface area contributed by atoms with Gasteiger partial charge in [0.05, 0.1) is 0 Å². The number of hydrogen-bond acceptors (Lipinski definition) is 4. The van der Waals surface area contributed by atoms with E-state index in [1.165, 1.54) is 6.08 Å². The maximum absolute atomic E-state index is 9.70. The third-order valence-corrected chi connectivity index (χ3v) is 0.883. The summed E-state index contributed by atoms with van der Waals surface area (Å²) in [5.41, 5.74) is 0. The molecule has 0 bridgehead atoms. The fraction of sp³-hybridized carbons (Fsp3) is 0.714. The van der Waals surface area contributed by atoms with Crippen molar-refractivity contribution in [1.29, 1.82) is 0 Å². The van der Waals surface area contributed by atoms with E-state index in [4.69, 9.17) is 9.47 Å². The first-order valence-corrected chi connectivity index (χ1v) is 3.50. The number of rotatable bonds is 6. The van der Waals surface area contributed by atoms with Crippen molar-refractivity contribution in [3.63, 3.8) is 0 Å². The van der Waals surface area contributed by atoms with E-state index in [1.54, 1.807) is 0 Å². The van der Waals surface area contributed by atoms with Crippen LogP contribution in [0.15, 0.2) is 4.99 Å². The summed E-state index contributed by atoms with van der Waals surface area (Å²) in [6.45, 7) is 4.85. The van der Waals surface area contributed by atoms with Crippen molar-refractivity contribution in [1.82, 2.24) is 0 Å². The van der Waals surface area contributed by atoms with E-state index in [0.29, 0.717) is 19.5 Å². The normalized spacial score (nSPS) is 9.73. The lowest BCUT2D eigenvalue weighted by Gasteiger charge is -2.10. The number of hydrogen-bond donors (Lipinski definition) is 0. The van der Waals surface area contributed by atoms with Gasteiger partial charge in [0.15, 0.2) is 0 Å². The van der Waals surface area contributed by atoms with Crippen molar-refractivity contribution in [2.45, 2.75) is 13.8 Å². The third-order valence-electron chi connectivity index (χ3n) is 0.883. The molecule has 0 aliphatic carbocycles. The molecule has 11 heavy (non-hydrogen) atoms. The lowest BCUT2D eigenvalue weighted by Crippen LogP contribution is -2.11. The Morgan fingerprint density at radius 1 is 1.36 bits per heavy atom. The molecule has 1 radical (unpaired) electrons. The maximum atomic E-state index is 9.70. The number of isocyanates is 1. The van der Waals surface area contributed by atoms with Crippen LogP contribution in [-0.4, -0.2) is 25.8 Å². The quantitative estimate of drug-likeness (QED) is 0.426. The fourth-order valence-electron chi connectivity index (χ4n) is 0.552. The summed E-state index contributed by atoms with van der Waals surface area (Å²) in [5, 5.41) is 0. The standard InChI is InChI=1S/C7H12NO3/c1-3-10-7(11-4-2)5-8-6-9/h3-5H2,1-2H3. The molecule has 4 nitrogen and oxygen atoms in total. The molecule has 0 aromatic carbocycles. The van der Waals surface area contributed by atoms with Crippen LogP contribution >= 0.6 is 0 Å². The largest absolute Gasteiger partial charge is 0.344 e. The Morgan fingerprint density at radius 2 is 1.91 bits per heavy atom. The van der Waals surface area contributed by atoms with E-state index >= 15 is 0 Å². The van der Waals surface area contributed by atoms with E-state index < -0.39 is 0 Å². The Morgan fingerprint density at radius 3 is 2.27 bits per heavy atom. The molecule has 0 aromatic rings. The van der Waals surface area contributed by atoms with Gasteiger partial charge in [0.1, 0.15) is 6.54 Å². The van der Waals surface area contributed by atoms with Crippen LogP contribution in [0, 0.1) is 6.29 Å². The molecule has 0 atom stereocenters. The molecule has 0 aliphatic heterocycles. The highest BCUT2D eigenvalue weighted by molar-refractivity contribution is 5.33. The molecular formula is C7H12NO3. The highest BCUT2D eigenvalue weighted by atomic mass is 16.7. The minimum atomic E-state index is 0.144. The van der Waals surface area contributed by atoms with Gasteiger partial charge in [0.25, 0.3) is 0 Å². The molecule has 0 spiro atoms. The first-order valence-electron chi connectivity index (χ1n) is 3.50. The second kappa shape index (κ2) is 7.41. The second-order valence-electron chi connectivity index (χ2n) is 1.65. The Balaban J connectivity index is 3.58. The first-order chi connectivity index (χ1) is 5.35. The molecule has 0 amide bonds. The summed E-state index contributed by atoms with van der Waals surface area (Å²) in [6.07, 6.45) is 1.78. The van der Waals surface area contributed by atoms with Crippen molar-refractivity contribution in [2.75, 3.05) is 19.8 Å². The van der Waals surface area contributed by atoms with Crippen LogP contribution in [0.4, 0.5) is 0 Å². The Labute approximate surface area is 66.2 Å². The fourth-order valence-corrected chi connectivity index (χ4v) is 0.552. The molecule has 0 aromatic heterocycles. The zero-order valence-corrected chi connectivity index (χ0v) is 6.79. The average molecular weight is 158 g/mol. The maximum Gasteiger partial charge on any atom is 0.246 e. The second-order valence-corrected chi connectivity index (χ2v) is 1.65. The van der Waals surface area contributed by atoms with Gasteiger partial charge in [-0.05, 0) is 13.8 Å². The Kier molecular flexibility index (Phi) is 6.94. The van der Waals surface area contributed by atoms with Gasteiger partial charge < -0.3 is 9.47 Å². The summed E-state index contributed by atoms with van der Waals surface area (Å²) in [5.74, 6) is 0. The highest BCUT2D eigenvalue weighted by Gasteiger charge is 2.07. The molecule has 0 fully saturated rings. The van der Waals surface area contributed by atoms with Gasteiger partial charge >= 0.3 is 0 Å². The van der Waals surface area contributed by atoms with Crippen LogP contribution in [0.25, 0.3) is 0 Å². The minimum Gasteiger partial charge on any atom is -0.344 e. The number of ether oxygens (including phenoxy) is 2. The van der Waals surface area contributed by atoms with Crippen molar-refractivity contribution >= 4 is 6.08 Å². The zero-order valence-electron chi connectivity index (χ0n) is 6.79. The first kappa shape index (κ1) is 10.3. The van der Waals surface area contributed by atoms with E-state index in [0.717, 1.165) is 0 Å². The van der Waals surface area contributed by atoms with Crippen LogP contribution < -0.4 is 0 Å². The van der Waals surface area contributed by atoms with Crippen molar-refractivity contribution < 1.29 is 14.3 Å². The predicted molar refractivity (Wildman–Crippen MR) is 39.5 cm³/mol. The van der Waals surface area contributed by atoms with Crippen LogP contribution in [0.2, 0.25) is 0 Å². The minimum absolute atomic E-state index is 0.144. The SMILES string of the molecule is CCO[C](CN=C=O)OCC. The van der Waals surface area contributed by atoms with Gasteiger partial charge in [-0.15, -0.1) is 0 Å². The highest BCUT2D eigenvalue weighted by Crippen LogP contribution is 2.03. The molecular weight excluding hydrogens is 146 g/mol. The van der Waals surface area contributed by atoms with E-state index in [1.807, 2.05) is 13.8 Å². The summed E-state index contributed by atoms with van der Waals surface area (Å²) < 4.78 is 10.0. The molecule has 0 rings (SSSR count). The number of carbonyl (C=O) groups excluding carboxylic acids is 1. The van der Waals surface area contributed by atoms with E-state index in [9.17, 15) is 4.79 Å². The predicted octanol–water partition coefficient (Wildman–Crippen LogP) is 0.885. The number of nitrogens with zero attached hydrogens (tertiary/aromatic N) is 1. The average Bonchev–Trinajstić information content (AvgIpc) is 2.01. The third kappa shape index (κ3) is 5.73. The molecule has 63 valence electrons. The van der Waals surface area contributed by atoms with Crippen molar-refractivity contribution in [3.8, 4) is 0 Å². The lowest BCUT2D eigenvalue weighted by molar-refractivity contribution is -0.0328. The van der Waals surface area contributed by atoms with Gasteiger partial charge in [-0.2, -0.15) is 0 Å². The molecule has 0 aliphatic rings. The van der Waals surface area contributed by atoms with Crippen LogP contribution in [-0.2, 0) is 14.3 Å². The van der Waals surface area contributed by atoms with E-state index in [-0.39, 0.29) is 6.54 Å². The monoisotopic (exact) mass is 158 g/mol. The summed E-state index contributed by atoms with van der Waals surface area (Å²) in [7, 11) is 0. The van der Waals surface area contributed by atoms with Gasteiger partial charge in [-0.3, -0.25) is 0 Å². The molecule has 0 saturated heterocycles. The van der Waals surface area contributed by atoms with Gasteiger partial charge in [-0.1, -0.05) is 0 Å². The van der Waals surface area contributed by atoms with Crippen LogP contribution in [0.1, 0.15) is 13.8 Å². The zero-order chi connectivity index (χ0) is 8.53. The smallest absolute Gasteiger partial charge is 0.246 e. The summed E-state index contributed by atoms with van der Waals surface area (Å²) in [6, 6.07) is 0. The van der Waals surface area contributed by atoms with Crippen molar-refractivity contribution in [3.05, 3.63) is 6.29 Å². The van der Waals surface area contributed by atoms with Crippen LogP contribution in [0.5, 0.6) is 0 Å². The van der Waals surface area contributed by atoms with Crippen LogP contribution in [0.3, 0.4) is 0 Å². The number of aliphatic imine (C=N–C) groups is 1. The topological polar surface area (TPSA) is 47.9 Å². The summed E-state index contributed by atoms with van der Waals surface area (Å²) in [4.78, 5) is 13.0. The Hall–Kier alpha value is -0.700. The van der Waals surface area contributed by atoms with Gasteiger partial charge in [0.2, 0.25) is 12.4 Å². The Bertz CT molecular complexity index is 126. The van der Waals surface area contributed by atoms with Gasteiger partial charge in [-0.25, -0.2) is 9.79 Å². The van der Waals surface area contributed by atoms with Crippen molar-refractivity contribution in [2.24, 2.45) is 4.99 Å². The summed E-state index contributed by atoms with van der Waals surface area (Å²) >= 11 is 0. The molecule has 0 saturated carbocycles. The van der Waals surface area contributed by atoms with E-state index in [2.05, 4.69) is 4.99 Å². The molecule has 4 heteroatoms. The van der Waals surface area contributed by atoms with Gasteiger partial charge in [0, 0.05) is 13.2 Å². The lowest BCUT2D eigenvalue weighted by atomic mass is 10.6. The molecule has 0 heterocycles.